The number of carbonyl (C=O) groups excluding carboxylic acids is 1. The minimum absolute atomic E-state index is 0.0282. The van der Waals surface area contributed by atoms with E-state index in [1.165, 1.54) is 6.20 Å². The van der Waals surface area contributed by atoms with Crippen LogP contribution in [-0.4, -0.2) is 20.5 Å². The minimum atomic E-state index is -2.70. The van der Waals surface area contributed by atoms with Gasteiger partial charge in [-0.25, -0.2) is 4.98 Å². The second-order valence-corrected chi connectivity index (χ2v) is 5.05. The zero-order valence-electron chi connectivity index (χ0n) is 12.2. The Labute approximate surface area is 130 Å². The molecule has 23 heavy (non-hydrogen) atoms. The highest BCUT2D eigenvalue weighted by molar-refractivity contribution is 5.83. The summed E-state index contributed by atoms with van der Waals surface area (Å²) in [5, 5.41) is 1.06. The Hall–Kier alpha value is -2.70. The number of halogens is 2. The second-order valence-electron chi connectivity index (χ2n) is 5.05. The van der Waals surface area contributed by atoms with Crippen molar-refractivity contribution in [3.63, 3.8) is 0 Å². The first-order chi connectivity index (χ1) is 11.1. The highest BCUT2D eigenvalue weighted by Crippen LogP contribution is 2.19. The Morgan fingerprint density at radius 3 is 3.00 bits per heavy atom. The number of rotatable bonds is 6. The maximum atomic E-state index is 12.6. The topological polar surface area (TPSA) is 59.9 Å². The number of aromatic amines is 1. The third-order valence-electron chi connectivity index (χ3n) is 3.59. The fraction of sp³-hybridized carbons (Fsp3) is 0.250. The number of nitrogens with zero attached hydrogens (tertiary/aromatic N) is 2. The molecule has 3 aromatic rings. The summed E-state index contributed by atoms with van der Waals surface area (Å²) in [5.41, 5.74) is 2.03. The summed E-state index contributed by atoms with van der Waals surface area (Å²) in [5.74, 6) is -0.417. The minimum Gasteiger partial charge on any atom is -0.457 e. The summed E-state index contributed by atoms with van der Waals surface area (Å²) in [6, 6.07) is 7.80. The van der Waals surface area contributed by atoms with Crippen molar-refractivity contribution in [2.75, 3.05) is 0 Å². The summed E-state index contributed by atoms with van der Waals surface area (Å²) in [6.07, 6.45) is 4.96. The van der Waals surface area contributed by atoms with Crippen molar-refractivity contribution in [3.8, 4) is 0 Å². The van der Waals surface area contributed by atoms with Gasteiger partial charge in [-0.15, -0.1) is 0 Å². The van der Waals surface area contributed by atoms with Crippen molar-refractivity contribution in [2.45, 2.75) is 26.0 Å². The van der Waals surface area contributed by atoms with E-state index in [4.69, 9.17) is 4.74 Å². The first-order valence-corrected chi connectivity index (χ1v) is 7.15. The van der Waals surface area contributed by atoms with Crippen LogP contribution in [0.15, 0.2) is 42.9 Å². The van der Waals surface area contributed by atoms with E-state index in [-0.39, 0.29) is 18.9 Å². The van der Waals surface area contributed by atoms with Crippen molar-refractivity contribution in [1.82, 2.24) is 14.5 Å². The molecule has 2 heterocycles. The average molecular weight is 319 g/mol. The zero-order valence-corrected chi connectivity index (χ0v) is 12.2. The molecule has 0 unspecified atom stereocenters. The average Bonchev–Trinajstić information content (AvgIpc) is 3.17. The van der Waals surface area contributed by atoms with E-state index >= 15 is 0 Å². The van der Waals surface area contributed by atoms with Gasteiger partial charge in [0.2, 0.25) is 0 Å². The lowest BCUT2D eigenvalue weighted by atomic mass is 10.1. The highest BCUT2D eigenvalue weighted by Gasteiger charge is 2.13. The molecule has 2 aromatic heterocycles. The molecule has 7 heteroatoms. The van der Waals surface area contributed by atoms with Crippen LogP contribution in [-0.2, 0) is 22.6 Å². The second kappa shape index (κ2) is 6.60. The number of para-hydroxylation sites is 1. The Morgan fingerprint density at radius 1 is 1.35 bits per heavy atom. The molecule has 0 atom stereocenters. The smallest absolute Gasteiger partial charge is 0.320 e. The van der Waals surface area contributed by atoms with E-state index in [0.717, 1.165) is 22.7 Å². The number of imidazole rings is 1. The molecule has 0 bridgehead atoms. The molecule has 0 amide bonds. The molecular formula is C16H15F2N3O2. The van der Waals surface area contributed by atoms with Crippen LogP contribution < -0.4 is 0 Å². The van der Waals surface area contributed by atoms with Crippen molar-refractivity contribution >= 4 is 16.9 Å². The normalized spacial score (nSPS) is 11.3. The predicted octanol–water partition coefficient (Wildman–Crippen LogP) is 3.44. The van der Waals surface area contributed by atoms with Gasteiger partial charge in [0.05, 0.1) is 0 Å². The number of ether oxygens (including phenoxy) is 1. The lowest BCUT2D eigenvalue weighted by Crippen LogP contribution is -2.10. The number of carbonyl (C=O) groups is 1. The number of fused-ring (bicyclic) bond motifs is 1. The van der Waals surface area contributed by atoms with Crippen LogP contribution in [0.25, 0.3) is 10.9 Å². The lowest BCUT2D eigenvalue weighted by Gasteiger charge is -2.07. The maximum absolute atomic E-state index is 12.6. The first-order valence-electron chi connectivity index (χ1n) is 7.15. The third kappa shape index (κ3) is 3.39. The molecule has 0 aliphatic heterocycles. The number of esters is 1. The number of aromatic nitrogens is 3. The quantitative estimate of drug-likeness (QED) is 0.708. The first kappa shape index (κ1) is 15.2. The fourth-order valence-corrected chi connectivity index (χ4v) is 2.43. The number of aryl methyl sites for hydroxylation is 1. The molecular weight excluding hydrogens is 304 g/mol. The van der Waals surface area contributed by atoms with Gasteiger partial charge in [0.15, 0.2) is 5.82 Å². The van der Waals surface area contributed by atoms with E-state index in [1.54, 1.807) is 0 Å². The van der Waals surface area contributed by atoms with E-state index in [0.29, 0.717) is 11.0 Å². The van der Waals surface area contributed by atoms with Gasteiger partial charge in [0.1, 0.15) is 6.61 Å². The number of nitrogens with one attached hydrogen (secondary N) is 1. The van der Waals surface area contributed by atoms with Crippen LogP contribution in [0.4, 0.5) is 8.78 Å². The summed E-state index contributed by atoms with van der Waals surface area (Å²) in [4.78, 5) is 18.7. The Balaban J connectivity index is 1.55. The molecule has 0 aliphatic rings. The molecule has 3 rings (SSSR count). The van der Waals surface area contributed by atoms with E-state index in [9.17, 15) is 13.6 Å². The van der Waals surface area contributed by atoms with Crippen molar-refractivity contribution in [2.24, 2.45) is 0 Å². The third-order valence-corrected chi connectivity index (χ3v) is 3.59. The van der Waals surface area contributed by atoms with E-state index in [1.807, 2.05) is 30.5 Å². The van der Waals surface area contributed by atoms with Gasteiger partial charge in [-0.2, -0.15) is 8.78 Å². The molecule has 0 saturated heterocycles. The highest BCUT2D eigenvalue weighted by atomic mass is 19.3. The van der Waals surface area contributed by atoms with Gasteiger partial charge >= 0.3 is 12.5 Å². The van der Waals surface area contributed by atoms with Crippen LogP contribution in [0, 0.1) is 0 Å². The predicted molar refractivity (Wildman–Crippen MR) is 79.9 cm³/mol. The maximum Gasteiger partial charge on any atom is 0.320 e. The van der Waals surface area contributed by atoms with Crippen LogP contribution in [0.1, 0.15) is 24.4 Å². The van der Waals surface area contributed by atoms with Crippen molar-refractivity contribution < 1.29 is 18.3 Å². The van der Waals surface area contributed by atoms with E-state index in [2.05, 4.69) is 9.97 Å². The summed E-state index contributed by atoms with van der Waals surface area (Å²) < 4.78 is 31.0. The monoisotopic (exact) mass is 319 g/mol. The SMILES string of the molecule is O=C(CCc1c[nH]c2ccccc12)OCc1nccn1C(F)F. The summed E-state index contributed by atoms with van der Waals surface area (Å²) in [7, 11) is 0. The largest absolute Gasteiger partial charge is 0.457 e. The van der Waals surface area contributed by atoms with Gasteiger partial charge in [-0.1, -0.05) is 18.2 Å². The number of alkyl halides is 2. The van der Waals surface area contributed by atoms with Crippen LogP contribution in [0.3, 0.4) is 0 Å². The summed E-state index contributed by atoms with van der Waals surface area (Å²) >= 11 is 0. The van der Waals surface area contributed by atoms with Crippen LogP contribution in [0.5, 0.6) is 0 Å². The molecule has 1 N–H and O–H groups in total. The van der Waals surface area contributed by atoms with Gasteiger partial charge < -0.3 is 9.72 Å². The van der Waals surface area contributed by atoms with Crippen molar-refractivity contribution in [3.05, 3.63) is 54.2 Å². The standard InChI is InChI=1S/C16H15F2N3O2/c17-16(18)21-8-7-19-14(21)10-23-15(22)6-5-11-9-20-13-4-2-1-3-12(11)13/h1-4,7-9,16,20H,5-6,10H2. The Morgan fingerprint density at radius 2 is 2.17 bits per heavy atom. The number of hydrogen-bond acceptors (Lipinski definition) is 3. The molecule has 0 fully saturated rings. The van der Waals surface area contributed by atoms with Crippen molar-refractivity contribution in [1.29, 1.82) is 0 Å². The number of benzene rings is 1. The fourth-order valence-electron chi connectivity index (χ4n) is 2.43. The van der Waals surface area contributed by atoms with Crippen LogP contribution >= 0.6 is 0 Å². The summed E-state index contributed by atoms with van der Waals surface area (Å²) in [6.45, 7) is -2.96. The van der Waals surface area contributed by atoms with Crippen LogP contribution in [0.2, 0.25) is 0 Å². The molecule has 0 aliphatic carbocycles. The molecule has 0 radical (unpaired) electrons. The Kier molecular flexibility index (Phi) is 4.36. The molecule has 120 valence electrons. The van der Waals surface area contributed by atoms with Gasteiger partial charge in [-0.3, -0.25) is 9.36 Å². The van der Waals surface area contributed by atoms with Gasteiger partial charge in [0, 0.05) is 35.9 Å². The molecule has 5 nitrogen and oxygen atoms in total. The van der Waals surface area contributed by atoms with Gasteiger partial charge in [0.25, 0.3) is 0 Å². The molecule has 0 spiro atoms. The molecule has 1 aromatic carbocycles. The van der Waals surface area contributed by atoms with Gasteiger partial charge in [-0.05, 0) is 18.1 Å². The lowest BCUT2D eigenvalue weighted by molar-refractivity contribution is -0.145. The number of hydrogen-bond donors (Lipinski definition) is 1. The number of H-pyrrole nitrogens is 1. The van der Waals surface area contributed by atoms with E-state index < -0.39 is 12.5 Å². The Bertz CT molecular complexity index is 810. The molecule has 0 saturated carbocycles. The zero-order chi connectivity index (χ0) is 16.2.